The lowest BCUT2D eigenvalue weighted by atomic mass is 10.0. The molecule has 0 saturated heterocycles. The molecule has 0 spiro atoms. The van der Waals surface area contributed by atoms with Crippen LogP contribution in [0.4, 0.5) is 11.4 Å². The Bertz CT molecular complexity index is 926. The van der Waals surface area contributed by atoms with Crippen LogP contribution in [0.5, 0.6) is 0 Å². The van der Waals surface area contributed by atoms with Gasteiger partial charge in [-0.25, -0.2) is 0 Å². The van der Waals surface area contributed by atoms with Gasteiger partial charge in [0.05, 0.1) is 5.69 Å². The van der Waals surface area contributed by atoms with Crippen LogP contribution in [-0.4, -0.2) is 36.1 Å². The number of aromatic nitrogens is 1. The van der Waals surface area contributed by atoms with E-state index in [-0.39, 0.29) is 0 Å². The second kappa shape index (κ2) is 12.3. The standard InChI is InChI=1S/C28H38N4/c1-5-24-13-10-14-25(6-2)28(24)31-18-20-32(21-26-15-7-8-16-29-26)19-17-30-27-22(3)11-9-12-23(27)4/h7-16,30-31H,5-6,17-21H2,1-4H3. The van der Waals surface area contributed by atoms with Crippen molar-refractivity contribution in [2.75, 3.05) is 36.8 Å². The number of nitrogens with zero attached hydrogens (tertiary/aromatic N) is 2. The van der Waals surface area contributed by atoms with Gasteiger partial charge in [0.1, 0.15) is 0 Å². The quantitative estimate of drug-likeness (QED) is 0.378. The van der Waals surface area contributed by atoms with Crippen LogP contribution >= 0.6 is 0 Å². The molecule has 0 aliphatic carbocycles. The molecule has 3 rings (SSSR count). The van der Waals surface area contributed by atoms with Gasteiger partial charge in [0.15, 0.2) is 0 Å². The molecule has 2 N–H and O–H groups in total. The summed E-state index contributed by atoms with van der Waals surface area (Å²) in [6.07, 6.45) is 3.98. The maximum absolute atomic E-state index is 4.55. The second-order valence-electron chi connectivity index (χ2n) is 8.38. The summed E-state index contributed by atoms with van der Waals surface area (Å²) in [7, 11) is 0. The summed E-state index contributed by atoms with van der Waals surface area (Å²) in [6, 6.07) is 19.3. The molecular formula is C28H38N4. The maximum Gasteiger partial charge on any atom is 0.0543 e. The van der Waals surface area contributed by atoms with Gasteiger partial charge in [-0.1, -0.05) is 56.3 Å². The number of aryl methyl sites for hydroxylation is 4. The van der Waals surface area contributed by atoms with Crippen LogP contribution in [0.15, 0.2) is 60.8 Å². The number of nitrogens with one attached hydrogen (secondary N) is 2. The van der Waals surface area contributed by atoms with Gasteiger partial charge in [0.2, 0.25) is 0 Å². The number of benzene rings is 2. The van der Waals surface area contributed by atoms with Gasteiger partial charge >= 0.3 is 0 Å². The Morgan fingerprint density at radius 2 is 1.31 bits per heavy atom. The number of pyridine rings is 1. The van der Waals surface area contributed by atoms with Crippen molar-refractivity contribution in [2.45, 2.75) is 47.1 Å². The minimum absolute atomic E-state index is 0.854. The number of anilines is 2. The average molecular weight is 431 g/mol. The van der Waals surface area contributed by atoms with E-state index in [9.17, 15) is 0 Å². The second-order valence-corrected chi connectivity index (χ2v) is 8.38. The van der Waals surface area contributed by atoms with Crippen LogP contribution in [0, 0.1) is 13.8 Å². The molecule has 0 atom stereocenters. The molecule has 0 fully saturated rings. The molecule has 2 aromatic carbocycles. The zero-order valence-electron chi connectivity index (χ0n) is 20.1. The van der Waals surface area contributed by atoms with Crippen LogP contribution in [0.1, 0.15) is 41.8 Å². The molecule has 4 nitrogen and oxygen atoms in total. The van der Waals surface area contributed by atoms with Crippen molar-refractivity contribution >= 4 is 11.4 Å². The van der Waals surface area contributed by atoms with Crippen molar-refractivity contribution in [3.05, 3.63) is 88.7 Å². The van der Waals surface area contributed by atoms with Crippen molar-refractivity contribution in [1.82, 2.24) is 9.88 Å². The predicted octanol–water partition coefficient (Wildman–Crippen LogP) is 5.85. The van der Waals surface area contributed by atoms with E-state index in [2.05, 4.69) is 96.7 Å². The highest BCUT2D eigenvalue weighted by Gasteiger charge is 2.10. The van der Waals surface area contributed by atoms with Crippen LogP contribution < -0.4 is 10.6 Å². The summed E-state index contributed by atoms with van der Waals surface area (Å²) in [6.45, 7) is 13.4. The SMILES string of the molecule is CCc1cccc(CC)c1NCCN(CCNc1c(C)cccc1C)Cc1ccccn1. The Morgan fingerprint density at radius 1 is 0.719 bits per heavy atom. The first-order valence-electron chi connectivity index (χ1n) is 11.9. The minimum atomic E-state index is 0.854. The summed E-state index contributed by atoms with van der Waals surface area (Å²) < 4.78 is 0. The number of rotatable bonds is 12. The summed E-state index contributed by atoms with van der Waals surface area (Å²) >= 11 is 0. The fraction of sp³-hybridized carbons (Fsp3) is 0.393. The third kappa shape index (κ3) is 6.57. The normalized spacial score (nSPS) is 11.0. The van der Waals surface area contributed by atoms with Crippen LogP contribution in [0.25, 0.3) is 0 Å². The van der Waals surface area contributed by atoms with Gasteiger partial charge in [0, 0.05) is 50.3 Å². The molecule has 0 aliphatic heterocycles. The van der Waals surface area contributed by atoms with Gasteiger partial charge in [-0.15, -0.1) is 0 Å². The van der Waals surface area contributed by atoms with Crippen LogP contribution in [0.3, 0.4) is 0 Å². The van der Waals surface area contributed by atoms with Gasteiger partial charge in [-0.3, -0.25) is 9.88 Å². The molecule has 0 bridgehead atoms. The molecule has 1 heterocycles. The molecule has 0 amide bonds. The highest BCUT2D eigenvalue weighted by atomic mass is 15.2. The largest absolute Gasteiger partial charge is 0.383 e. The first kappa shape index (κ1) is 23.8. The van der Waals surface area contributed by atoms with Gasteiger partial charge in [-0.05, 0) is 61.1 Å². The highest BCUT2D eigenvalue weighted by molar-refractivity contribution is 5.58. The van der Waals surface area contributed by atoms with Gasteiger partial charge in [0.25, 0.3) is 0 Å². The first-order chi connectivity index (χ1) is 15.6. The summed E-state index contributed by atoms with van der Waals surface area (Å²) in [5.74, 6) is 0. The molecule has 1 aromatic heterocycles. The number of para-hydroxylation sites is 2. The zero-order valence-corrected chi connectivity index (χ0v) is 20.1. The third-order valence-electron chi connectivity index (χ3n) is 6.05. The summed E-state index contributed by atoms with van der Waals surface area (Å²) in [5.41, 5.74) is 9.09. The molecule has 0 saturated carbocycles. The zero-order chi connectivity index (χ0) is 22.8. The molecule has 170 valence electrons. The van der Waals surface area contributed by atoms with E-state index in [0.717, 1.165) is 51.3 Å². The van der Waals surface area contributed by atoms with Crippen molar-refractivity contribution in [1.29, 1.82) is 0 Å². The Morgan fingerprint density at radius 3 is 1.88 bits per heavy atom. The van der Waals surface area contributed by atoms with Crippen molar-refractivity contribution in [2.24, 2.45) is 0 Å². The Labute approximate surface area is 194 Å². The van der Waals surface area contributed by atoms with E-state index in [1.54, 1.807) is 0 Å². The molecule has 0 unspecified atom stereocenters. The molecule has 4 heteroatoms. The molecule has 32 heavy (non-hydrogen) atoms. The van der Waals surface area contributed by atoms with Crippen molar-refractivity contribution in [3.63, 3.8) is 0 Å². The van der Waals surface area contributed by atoms with E-state index in [4.69, 9.17) is 0 Å². The Balaban J connectivity index is 1.63. The van der Waals surface area contributed by atoms with Crippen molar-refractivity contribution < 1.29 is 0 Å². The summed E-state index contributed by atoms with van der Waals surface area (Å²) in [4.78, 5) is 7.03. The minimum Gasteiger partial charge on any atom is -0.383 e. The first-order valence-corrected chi connectivity index (χ1v) is 11.9. The third-order valence-corrected chi connectivity index (χ3v) is 6.05. The molecule has 0 aliphatic rings. The topological polar surface area (TPSA) is 40.2 Å². The molecule has 3 aromatic rings. The lowest BCUT2D eigenvalue weighted by molar-refractivity contribution is 0.283. The van der Waals surface area contributed by atoms with Crippen LogP contribution in [0.2, 0.25) is 0 Å². The van der Waals surface area contributed by atoms with E-state index < -0.39 is 0 Å². The Kier molecular flexibility index (Phi) is 9.12. The predicted molar refractivity (Wildman–Crippen MR) is 138 cm³/mol. The van der Waals surface area contributed by atoms with E-state index in [0.29, 0.717) is 0 Å². The molecular weight excluding hydrogens is 392 g/mol. The number of hydrogen-bond acceptors (Lipinski definition) is 4. The van der Waals surface area contributed by atoms with Crippen LogP contribution in [-0.2, 0) is 19.4 Å². The fourth-order valence-electron chi connectivity index (χ4n) is 4.23. The van der Waals surface area contributed by atoms with E-state index >= 15 is 0 Å². The smallest absolute Gasteiger partial charge is 0.0543 e. The number of hydrogen-bond donors (Lipinski definition) is 2. The molecule has 0 radical (unpaired) electrons. The fourth-order valence-corrected chi connectivity index (χ4v) is 4.23. The lowest BCUT2D eigenvalue weighted by Gasteiger charge is -2.24. The summed E-state index contributed by atoms with van der Waals surface area (Å²) in [5, 5.41) is 7.40. The Hall–Kier alpha value is -2.85. The van der Waals surface area contributed by atoms with Gasteiger partial charge in [-0.2, -0.15) is 0 Å². The maximum atomic E-state index is 4.55. The van der Waals surface area contributed by atoms with Crippen molar-refractivity contribution in [3.8, 4) is 0 Å². The highest BCUT2D eigenvalue weighted by Crippen LogP contribution is 2.22. The van der Waals surface area contributed by atoms with E-state index in [1.165, 1.54) is 33.6 Å². The van der Waals surface area contributed by atoms with E-state index in [1.807, 2.05) is 12.3 Å². The van der Waals surface area contributed by atoms with Gasteiger partial charge < -0.3 is 10.6 Å². The average Bonchev–Trinajstić information content (AvgIpc) is 2.81. The monoisotopic (exact) mass is 430 g/mol. The lowest BCUT2D eigenvalue weighted by Crippen LogP contribution is -2.33.